The fraction of sp³-hybridized carbons (Fsp3) is 0.615. The van der Waals surface area contributed by atoms with Gasteiger partial charge in [-0.3, -0.25) is 4.90 Å². The number of ether oxygens (including phenoxy) is 1. The van der Waals surface area contributed by atoms with Crippen LogP contribution < -0.4 is 11.1 Å². The van der Waals surface area contributed by atoms with E-state index in [1.807, 2.05) is 13.0 Å². The number of nitrogens with zero attached hydrogens (tertiary/aromatic N) is 2. The summed E-state index contributed by atoms with van der Waals surface area (Å²) in [6.45, 7) is 8.80. The molecule has 1 aliphatic heterocycles. The van der Waals surface area contributed by atoms with Crippen LogP contribution in [0.15, 0.2) is 12.3 Å². The van der Waals surface area contributed by atoms with E-state index in [1.165, 1.54) is 0 Å². The van der Waals surface area contributed by atoms with Gasteiger partial charge in [-0.25, -0.2) is 4.98 Å². The molecule has 1 saturated heterocycles. The Kier molecular flexibility index (Phi) is 4.38. The Morgan fingerprint density at radius 3 is 3.17 bits per heavy atom. The van der Waals surface area contributed by atoms with Gasteiger partial charge in [0.1, 0.15) is 5.82 Å². The topological polar surface area (TPSA) is 63.4 Å². The molecule has 2 heterocycles. The fourth-order valence-corrected chi connectivity index (χ4v) is 2.05. The van der Waals surface area contributed by atoms with Crippen molar-refractivity contribution in [1.29, 1.82) is 0 Å². The van der Waals surface area contributed by atoms with Crippen LogP contribution in [0.25, 0.3) is 0 Å². The van der Waals surface area contributed by atoms with Gasteiger partial charge in [0.2, 0.25) is 0 Å². The lowest BCUT2D eigenvalue weighted by molar-refractivity contribution is -0.0192. The number of aromatic nitrogens is 1. The van der Waals surface area contributed by atoms with Crippen molar-refractivity contribution in [3.05, 3.63) is 17.8 Å². The maximum absolute atomic E-state index is 5.85. The van der Waals surface area contributed by atoms with E-state index in [0.717, 1.165) is 49.9 Å². The summed E-state index contributed by atoms with van der Waals surface area (Å²) in [6, 6.07) is 1.87. The van der Waals surface area contributed by atoms with E-state index < -0.39 is 0 Å². The minimum Gasteiger partial charge on any atom is -0.398 e. The quantitative estimate of drug-likeness (QED) is 0.838. The molecule has 2 rings (SSSR count). The second-order valence-electron chi connectivity index (χ2n) is 4.69. The Hall–Kier alpha value is -1.33. The van der Waals surface area contributed by atoms with Gasteiger partial charge in [-0.1, -0.05) is 6.92 Å². The van der Waals surface area contributed by atoms with Crippen LogP contribution in [0.2, 0.25) is 0 Å². The molecule has 0 spiro atoms. The zero-order chi connectivity index (χ0) is 13.0. The molecule has 18 heavy (non-hydrogen) atoms. The molecule has 0 aromatic carbocycles. The minimum absolute atomic E-state index is 0.225. The predicted octanol–water partition coefficient (Wildman–Crippen LogP) is 1.10. The molecule has 100 valence electrons. The van der Waals surface area contributed by atoms with E-state index >= 15 is 0 Å². The number of aryl methyl sites for hydroxylation is 1. The monoisotopic (exact) mass is 250 g/mol. The van der Waals surface area contributed by atoms with Crippen molar-refractivity contribution >= 4 is 11.5 Å². The molecule has 0 saturated carbocycles. The van der Waals surface area contributed by atoms with Crippen molar-refractivity contribution < 1.29 is 4.74 Å². The highest BCUT2D eigenvalue weighted by molar-refractivity contribution is 5.53. The molecule has 1 unspecified atom stereocenters. The summed E-state index contributed by atoms with van der Waals surface area (Å²) < 4.78 is 5.72. The lowest BCUT2D eigenvalue weighted by atomic mass is 10.2. The Balaban J connectivity index is 1.85. The Morgan fingerprint density at radius 1 is 1.61 bits per heavy atom. The number of nitrogen functional groups attached to an aromatic ring is 1. The summed E-state index contributed by atoms with van der Waals surface area (Å²) in [5.41, 5.74) is 7.63. The molecule has 1 aliphatic rings. The number of hydrogen-bond acceptors (Lipinski definition) is 5. The number of likely N-dealkylation sites (N-methyl/N-ethyl adjacent to an activating group) is 1. The molecule has 0 amide bonds. The number of anilines is 2. The van der Waals surface area contributed by atoms with Crippen LogP contribution in [-0.2, 0) is 4.74 Å². The third-order valence-electron chi connectivity index (χ3n) is 3.33. The van der Waals surface area contributed by atoms with Crippen molar-refractivity contribution in [3.63, 3.8) is 0 Å². The second kappa shape index (κ2) is 6.02. The van der Waals surface area contributed by atoms with Crippen LogP contribution in [0.3, 0.4) is 0 Å². The molecular weight excluding hydrogens is 228 g/mol. The molecule has 0 bridgehead atoms. The number of rotatable bonds is 4. The maximum atomic E-state index is 5.85. The number of hydrogen-bond donors (Lipinski definition) is 2. The molecule has 3 N–H and O–H groups in total. The second-order valence-corrected chi connectivity index (χ2v) is 4.69. The van der Waals surface area contributed by atoms with Gasteiger partial charge < -0.3 is 15.8 Å². The first kappa shape index (κ1) is 13.1. The van der Waals surface area contributed by atoms with Crippen LogP contribution in [-0.4, -0.2) is 48.8 Å². The SMILES string of the molecule is CCN1CCOC(CNc2cc(N)c(C)cn2)C1. The molecule has 1 atom stereocenters. The normalized spacial score (nSPS) is 20.9. The van der Waals surface area contributed by atoms with Gasteiger partial charge in [-0.15, -0.1) is 0 Å². The van der Waals surface area contributed by atoms with Gasteiger partial charge in [0, 0.05) is 37.6 Å². The molecule has 1 aromatic rings. The van der Waals surface area contributed by atoms with Gasteiger partial charge in [0.25, 0.3) is 0 Å². The van der Waals surface area contributed by atoms with E-state index in [0.29, 0.717) is 0 Å². The summed E-state index contributed by atoms with van der Waals surface area (Å²) in [4.78, 5) is 6.70. The third kappa shape index (κ3) is 3.34. The van der Waals surface area contributed by atoms with Gasteiger partial charge in [0.15, 0.2) is 0 Å². The zero-order valence-electron chi connectivity index (χ0n) is 11.1. The van der Waals surface area contributed by atoms with Gasteiger partial charge in [0.05, 0.1) is 12.7 Å². The molecule has 0 aliphatic carbocycles. The minimum atomic E-state index is 0.225. The molecular formula is C13H22N4O. The molecule has 5 nitrogen and oxygen atoms in total. The van der Waals surface area contributed by atoms with Crippen molar-refractivity contribution in [1.82, 2.24) is 9.88 Å². The van der Waals surface area contributed by atoms with E-state index in [2.05, 4.69) is 22.1 Å². The summed E-state index contributed by atoms with van der Waals surface area (Å²) in [7, 11) is 0. The molecule has 1 aromatic heterocycles. The van der Waals surface area contributed by atoms with Crippen LogP contribution in [0, 0.1) is 6.92 Å². The van der Waals surface area contributed by atoms with Crippen LogP contribution in [0.4, 0.5) is 11.5 Å². The summed E-state index contributed by atoms with van der Waals surface area (Å²) in [5, 5.41) is 3.28. The van der Waals surface area contributed by atoms with E-state index in [4.69, 9.17) is 10.5 Å². The first-order valence-corrected chi connectivity index (χ1v) is 6.49. The highest BCUT2D eigenvalue weighted by atomic mass is 16.5. The van der Waals surface area contributed by atoms with E-state index in [1.54, 1.807) is 6.20 Å². The number of pyridine rings is 1. The van der Waals surface area contributed by atoms with Crippen molar-refractivity contribution in [2.45, 2.75) is 20.0 Å². The molecule has 1 fully saturated rings. The smallest absolute Gasteiger partial charge is 0.128 e. The van der Waals surface area contributed by atoms with Gasteiger partial charge in [-0.2, -0.15) is 0 Å². The van der Waals surface area contributed by atoms with Gasteiger partial charge in [-0.05, 0) is 19.0 Å². The number of nitrogens with two attached hydrogens (primary N) is 1. The Labute approximate surface area is 108 Å². The largest absolute Gasteiger partial charge is 0.398 e. The van der Waals surface area contributed by atoms with Crippen molar-refractivity contribution in [2.24, 2.45) is 0 Å². The van der Waals surface area contributed by atoms with Crippen LogP contribution >= 0.6 is 0 Å². The summed E-state index contributed by atoms with van der Waals surface area (Å²) in [5.74, 6) is 0.815. The highest BCUT2D eigenvalue weighted by Crippen LogP contribution is 2.14. The standard InChI is InChI=1S/C13H22N4O/c1-3-17-4-5-18-11(9-17)8-16-13-6-12(14)10(2)7-15-13/h6-7,11H,3-5,8-9H2,1-2H3,(H3,14,15,16). The van der Waals surface area contributed by atoms with Crippen molar-refractivity contribution in [3.8, 4) is 0 Å². The van der Waals surface area contributed by atoms with Gasteiger partial charge >= 0.3 is 0 Å². The van der Waals surface area contributed by atoms with E-state index in [9.17, 15) is 0 Å². The summed E-state index contributed by atoms with van der Waals surface area (Å²) >= 11 is 0. The molecule has 5 heteroatoms. The van der Waals surface area contributed by atoms with Crippen LogP contribution in [0.1, 0.15) is 12.5 Å². The van der Waals surface area contributed by atoms with Crippen LogP contribution in [0.5, 0.6) is 0 Å². The summed E-state index contributed by atoms with van der Waals surface area (Å²) in [6.07, 6.45) is 2.01. The van der Waals surface area contributed by atoms with Crippen molar-refractivity contribution in [2.75, 3.05) is 43.8 Å². The van der Waals surface area contributed by atoms with E-state index in [-0.39, 0.29) is 6.10 Å². The fourth-order valence-electron chi connectivity index (χ4n) is 2.05. The predicted molar refractivity (Wildman–Crippen MR) is 73.7 cm³/mol. The average molecular weight is 250 g/mol. The first-order valence-electron chi connectivity index (χ1n) is 6.49. The maximum Gasteiger partial charge on any atom is 0.128 e. The highest BCUT2D eigenvalue weighted by Gasteiger charge is 2.18. The average Bonchev–Trinajstić information content (AvgIpc) is 2.40. The third-order valence-corrected chi connectivity index (χ3v) is 3.33. The zero-order valence-corrected chi connectivity index (χ0v) is 11.1. The molecule has 0 radical (unpaired) electrons. The number of morpholine rings is 1. The first-order chi connectivity index (χ1) is 8.69. The lowest BCUT2D eigenvalue weighted by Gasteiger charge is -2.32. The Morgan fingerprint density at radius 2 is 2.44 bits per heavy atom. The lowest BCUT2D eigenvalue weighted by Crippen LogP contribution is -2.45. The number of nitrogens with one attached hydrogen (secondary N) is 1. The Bertz CT molecular complexity index is 397.